The van der Waals surface area contributed by atoms with Crippen molar-refractivity contribution in [1.29, 1.82) is 0 Å². The largest absolute Gasteiger partial charge is 0.350 e. The van der Waals surface area contributed by atoms with Crippen molar-refractivity contribution in [2.75, 3.05) is 10.8 Å². The highest BCUT2D eigenvalue weighted by Crippen LogP contribution is 2.26. The quantitative estimate of drug-likeness (QED) is 0.336. The molecule has 2 amide bonds. The highest BCUT2D eigenvalue weighted by molar-refractivity contribution is 9.10. The fourth-order valence-electron chi connectivity index (χ4n) is 3.74. The number of hydrogen-bond acceptors (Lipinski definition) is 4. The molecule has 3 aromatic carbocycles. The van der Waals surface area contributed by atoms with Crippen LogP contribution in [-0.4, -0.2) is 43.3 Å². The number of nitrogens with zero attached hydrogens (tertiary/aromatic N) is 2. The maximum Gasteiger partial charge on any atom is 0.264 e. The van der Waals surface area contributed by atoms with E-state index in [-0.39, 0.29) is 23.0 Å². The zero-order valence-electron chi connectivity index (χ0n) is 21.7. The molecule has 0 aliphatic carbocycles. The Hall–Kier alpha value is -2.88. The number of sulfonamides is 1. The second-order valence-corrected chi connectivity index (χ2v) is 13.1. The van der Waals surface area contributed by atoms with E-state index in [1.165, 1.54) is 17.0 Å². The van der Waals surface area contributed by atoms with Gasteiger partial charge in [-0.1, -0.05) is 57.9 Å². The molecule has 0 fully saturated rings. The van der Waals surface area contributed by atoms with Crippen LogP contribution in [-0.2, 0) is 26.2 Å². The minimum atomic E-state index is -4.12. The molecule has 3 rings (SSSR count). The lowest BCUT2D eigenvalue weighted by molar-refractivity contribution is -0.140. The molecular formula is C28H31BrClN3O4S. The number of hydrogen-bond donors (Lipinski definition) is 1. The van der Waals surface area contributed by atoms with Crippen LogP contribution in [0.1, 0.15) is 33.3 Å². The zero-order valence-corrected chi connectivity index (χ0v) is 24.8. The summed E-state index contributed by atoms with van der Waals surface area (Å²) in [5, 5.41) is 3.34. The van der Waals surface area contributed by atoms with Crippen LogP contribution in [0.5, 0.6) is 0 Å². The van der Waals surface area contributed by atoms with Crippen molar-refractivity contribution in [1.82, 2.24) is 10.2 Å². The maximum absolute atomic E-state index is 13.9. The van der Waals surface area contributed by atoms with Crippen LogP contribution >= 0.6 is 27.5 Å². The molecule has 7 nitrogen and oxygen atoms in total. The third-order valence-corrected chi connectivity index (χ3v) is 8.17. The van der Waals surface area contributed by atoms with Crippen molar-refractivity contribution in [3.63, 3.8) is 0 Å². The van der Waals surface area contributed by atoms with Gasteiger partial charge in [-0.2, -0.15) is 0 Å². The summed E-state index contributed by atoms with van der Waals surface area (Å²) >= 11 is 9.49. The number of rotatable bonds is 9. The Morgan fingerprint density at radius 3 is 2.18 bits per heavy atom. The Labute approximate surface area is 238 Å². The SMILES string of the molecule is C[C@H](C(=O)NC(C)(C)C)N(Cc1cccc(Br)c1)C(=O)CN(c1ccc(Cl)cc1)S(=O)(=O)c1ccccc1. The smallest absolute Gasteiger partial charge is 0.264 e. The summed E-state index contributed by atoms with van der Waals surface area (Å²) in [5.41, 5.74) is 0.551. The van der Waals surface area contributed by atoms with Crippen LogP contribution in [0.25, 0.3) is 0 Å². The third kappa shape index (κ3) is 7.82. The monoisotopic (exact) mass is 619 g/mol. The lowest BCUT2D eigenvalue weighted by atomic mass is 10.1. The van der Waals surface area contributed by atoms with Gasteiger partial charge in [-0.25, -0.2) is 8.42 Å². The molecule has 202 valence electrons. The van der Waals surface area contributed by atoms with E-state index in [0.717, 1.165) is 14.3 Å². The molecule has 3 aromatic rings. The lowest BCUT2D eigenvalue weighted by Gasteiger charge is -2.33. The molecule has 0 unspecified atom stereocenters. The van der Waals surface area contributed by atoms with E-state index in [2.05, 4.69) is 21.2 Å². The van der Waals surface area contributed by atoms with Gasteiger partial charge in [0.1, 0.15) is 12.6 Å². The van der Waals surface area contributed by atoms with Crippen LogP contribution in [0, 0.1) is 0 Å². The molecule has 38 heavy (non-hydrogen) atoms. The second-order valence-electron chi connectivity index (χ2n) is 9.87. The van der Waals surface area contributed by atoms with Crippen molar-refractivity contribution in [2.45, 2.75) is 50.7 Å². The molecule has 0 saturated carbocycles. The zero-order chi connectivity index (χ0) is 28.1. The number of amides is 2. The van der Waals surface area contributed by atoms with E-state index in [4.69, 9.17) is 11.6 Å². The summed E-state index contributed by atoms with van der Waals surface area (Å²) in [6.45, 7) is 6.79. The highest BCUT2D eigenvalue weighted by Gasteiger charge is 2.33. The molecule has 0 spiro atoms. The van der Waals surface area contributed by atoms with Crippen molar-refractivity contribution in [3.8, 4) is 0 Å². The number of benzene rings is 3. The number of halogens is 2. The molecule has 1 N–H and O–H groups in total. The van der Waals surface area contributed by atoms with Gasteiger partial charge in [-0.05, 0) is 81.8 Å². The Kier molecular flexibility index (Phi) is 9.62. The van der Waals surface area contributed by atoms with Crippen molar-refractivity contribution >= 4 is 55.1 Å². The summed E-state index contributed by atoms with van der Waals surface area (Å²) in [4.78, 5) is 28.4. The van der Waals surface area contributed by atoms with Crippen molar-refractivity contribution in [3.05, 3.63) is 93.9 Å². The number of carbonyl (C=O) groups is 2. The summed E-state index contributed by atoms with van der Waals surface area (Å²) in [6, 6.07) is 20.6. The van der Waals surface area contributed by atoms with Crippen LogP contribution in [0.3, 0.4) is 0 Å². The fourth-order valence-corrected chi connectivity index (χ4v) is 5.75. The maximum atomic E-state index is 13.9. The van der Waals surface area contributed by atoms with E-state index >= 15 is 0 Å². The first-order valence-corrected chi connectivity index (χ1v) is 14.6. The average Bonchev–Trinajstić information content (AvgIpc) is 2.85. The van der Waals surface area contributed by atoms with Crippen molar-refractivity contribution < 1.29 is 18.0 Å². The second kappa shape index (κ2) is 12.3. The topological polar surface area (TPSA) is 86.8 Å². The van der Waals surface area contributed by atoms with Gasteiger partial charge < -0.3 is 10.2 Å². The van der Waals surface area contributed by atoms with E-state index in [0.29, 0.717) is 5.02 Å². The van der Waals surface area contributed by atoms with Gasteiger partial charge in [0.2, 0.25) is 11.8 Å². The van der Waals surface area contributed by atoms with Gasteiger partial charge in [0.25, 0.3) is 10.0 Å². The van der Waals surface area contributed by atoms with Gasteiger partial charge in [-0.3, -0.25) is 13.9 Å². The van der Waals surface area contributed by atoms with E-state index in [1.54, 1.807) is 49.4 Å². The van der Waals surface area contributed by atoms with E-state index < -0.39 is 34.1 Å². The molecule has 0 aromatic heterocycles. The normalized spacial score (nSPS) is 12.5. The highest BCUT2D eigenvalue weighted by atomic mass is 79.9. The van der Waals surface area contributed by atoms with Crippen LogP contribution < -0.4 is 9.62 Å². The van der Waals surface area contributed by atoms with Crippen LogP contribution in [0.15, 0.2) is 88.2 Å². The number of carbonyl (C=O) groups excluding carboxylic acids is 2. The Balaban J connectivity index is 2.02. The van der Waals surface area contributed by atoms with Gasteiger partial charge in [-0.15, -0.1) is 0 Å². The van der Waals surface area contributed by atoms with Crippen LogP contribution in [0.4, 0.5) is 5.69 Å². The first kappa shape index (κ1) is 29.7. The molecule has 10 heteroatoms. The molecule has 0 saturated heterocycles. The molecule has 1 atom stereocenters. The third-order valence-electron chi connectivity index (χ3n) is 5.63. The Morgan fingerprint density at radius 1 is 0.974 bits per heavy atom. The lowest BCUT2D eigenvalue weighted by Crippen LogP contribution is -2.54. The molecular weight excluding hydrogens is 590 g/mol. The number of anilines is 1. The summed E-state index contributed by atoms with van der Waals surface area (Å²) in [7, 11) is -4.12. The molecule has 0 radical (unpaired) electrons. The molecule has 0 aliphatic heterocycles. The average molecular weight is 621 g/mol. The Morgan fingerprint density at radius 2 is 1.61 bits per heavy atom. The van der Waals surface area contributed by atoms with Gasteiger partial charge in [0.05, 0.1) is 10.6 Å². The molecule has 0 heterocycles. The predicted molar refractivity (Wildman–Crippen MR) is 154 cm³/mol. The standard InChI is InChI=1S/C28H31BrClN3O4S/c1-20(27(35)31-28(2,3)4)32(18-21-9-8-10-22(29)17-21)26(34)19-33(24-15-13-23(30)14-16-24)38(36,37)25-11-6-5-7-12-25/h5-17,20H,18-19H2,1-4H3,(H,31,35)/t20-/m1/s1. The van der Waals surface area contributed by atoms with Crippen LogP contribution in [0.2, 0.25) is 5.02 Å². The molecule has 0 bridgehead atoms. The van der Waals surface area contributed by atoms with E-state index in [1.807, 2.05) is 45.0 Å². The minimum absolute atomic E-state index is 0.0415. The molecule has 0 aliphatic rings. The number of nitrogens with one attached hydrogen (secondary N) is 1. The summed E-state index contributed by atoms with van der Waals surface area (Å²) < 4.78 is 29.3. The van der Waals surface area contributed by atoms with Gasteiger partial charge in [0.15, 0.2) is 0 Å². The predicted octanol–water partition coefficient (Wildman–Crippen LogP) is 5.63. The first-order chi connectivity index (χ1) is 17.8. The summed E-state index contributed by atoms with van der Waals surface area (Å²) in [6.07, 6.45) is 0. The summed E-state index contributed by atoms with van der Waals surface area (Å²) in [5.74, 6) is -0.874. The van der Waals surface area contributed by atoms with Crippen molar-refractivity contribution in [2.24, 2.45) is 0 Å². The fraction of sp³-hybridized carbons (Fsp3) is 0.286. The Bertz CT molecular complexity index is 1380. The van der Waals surface area contributed by atoms with Gasteiger partial charge >= 0.3 is 0 Å². The minimum Gasteiger partial charge on any atom is -0.350 e. The first-order valence-electron chi connectivity index (χ1n) is 12.0. The van der Waals surface area contributed by atoms with E-state index in [9.17, 15) is 18.0 Å². The van der Waals surface area contributed by atoms with Gasteiger partial charge in [0, 0.05) is 21.6 Å².